The second-order valence-electron chi connectivity index (χ2n) is 2.82. The van der Waals surface area contributed by atoms with Crippen LogP contribution in [0.5, 0.6) is 0 Å². The van der Waals surface area contributed by atoms with Crippen LogP contribution in [0.15, 0.2) is 23.8 Å². The van der Waals surface area contributed by atoms with Crippen LogP contribution in [-0.4, -0.2) is 14.6 Å². The van der Waals surface area contributed by atoms with Gasteiger partial charge in [0.15, 0.2) is 0 Å². The van der Waals surface area contributed by atoms with Crippen LogP contribution in [0.25, 0.3) is 11.6 Å². The molecule has 0 spiro atoms. The third-order valence-corrected chi connectivity index (χ3v) is 1.99. The number of aryl methyl sites for hydroxylation is 1. The van der Waals surface area contributed by atoms with Gasteiger partial charge >= 0.3 is 0 Å². The average Bonchev–Trinajstić information content (AvgIpc) is 2.45. The molecule has 2 aromatic rings. The van der Waals surface area contributed by atoms with Gasteiger partial charge < -0.3 is 4.98 Å². The molecule has 0 aliphatic heterocycles. The average molecular weight is 175 g/mol. The minimum absolute atomic E-state index is 0.141. The molecule has 66 valence electrons. The van der Waals surface area contributed by atoms with Gasteiger partial charge in [0.05, 0.1) is 0 Å². The molecule has 0 saturated carbocycles. The van der Waals surface area contributed by atoms with E-state index in [1.54, 1.807) is 10.6 Å². The number of rotatable bonds is 1. The number of H-pyrrole nitrogens is 1. The van der Waals surface area contributed by atoms with E-state index >= 15 is 0 Å². The molecule has 2 aromatic heterocycles. The van der Waals surface area contributed by atoms with Crippen molar-refractivity contribution in [3.05, 3.63) is 40.6 Å². The Morgan fingerprint density at radius 2 is 2.46 bits per heavy atom. The van der Waals surface area contributed by atoms with E-state index < -0.39 is 0 Å². The van der Waals surface area contributed by atoms with Crippen molar-refractivity contribution in [3.63, 3.8) is 0 Å². The van der Waals surface area contributed by atoms with Gasteiger partial charge in [-0.2, -0.15) is 5.10 Å². The number of hydrogen-bond donors (Lipinski definition) is 1. The Hall–Kier alpha value is -1.84. The summed E-state index contributed by atoms with van der Waals surface area (Å²) >= 11 is 0. The van der Waals surface area contributed by atoms with E-state index in [0.29, 0.717) is 5.52 Å². The highest BCUT2D eigenvalue weighted by Gasteiger charge is 2.06. The van der Waals surface area contributed by atoms with Gasteiger partial charge in [-0.1, -0.05) is 12.7 Å². The molecule has 4 nitrogen and oxygen atoms in total. The van der Waals surface area contributed by atoms with Crippen molar-refractivity contribution in [2.75, 3.05) is 0 Å². The van der Waals surface area contributed by atoms with Gasteiger partial charge in [0, 0.05) is 11.3 Å². The molecule has 0 fully saturated rings. The highest BCUT2D eigenvalue weighted by Crippen LogP contribution is 2.11. The quantitative estimate of drug-likeness (QED) is 0.702. The summed E-state index contributed by atoms with van der Waals surface area (Å²) in [6.45, 7) is 5.54. The highest BCUT2D eigenvalue weighted by molar-refractivity contribution is 5.68. The number of aromatic nitrogens is 3. The third kappa shape index (κ3) is 0.989. The van der Waals surface area contributed by atoms with E-state index in [-0.39, 0.29) is 5.56 Å². The van der Waals surface area contributed by atoms with Crippen LogP contribution < -0.4 is 5.56 Å². The Kier molecular flexibility index (Phi) is 1.55. The molecular weight excluding hydrogens is 166 g/mol. The van der Waals surface area contributed by atoms with Crippen LogP contribution in [0.1, 0.15) is 11.3 Å². The molecule has 4 heteroatoms. The van der Waals surface area contributed by atoms with Gasteiger partial charge in [-0.15, -0.1) is 0 Å². The van der Waals surface area contributed by atoms with Crippen molar-refractivity contribution in [1.29, 1.82) is 0 Å². The minimum atomic E-state index is -0.141. The van der Waals surface area contributed by atoms with Crippen LogP contribution in [0.2, 0.25) is 0 Å². The van der Waals surface area contributed by atoms with Crippen molar-refractivity contribution in [3.8, 4) is 0 Å². The summed E-state index contributed by atoms with van der Waals surface area (Å²) in [6, 6.07) is 1.88. The normalized spacial score (nSPS) is 10.5. The molecule has 2 heterocycles. The van der Waals surface area contributed by atoms with Gasteiger partial charge in [-0.3, -0.25) is 4.79 Å². The summed E-state index contributed by atoms with van der Waals surface area (Å²) in [5, 5.41) is 4.02. The van der Waals surface area contributed by atoms with Crippen LogP contribution >= 0.6 is 0 Å². The summed E-state index contributed by atoms with van der Waals surface area (Å²) in [4.78, 5) is 13.9. The molecule has 0 unspecified atom stereocenters. The first kappa shape index (κ1) is 7.79. The van der Waals surface area contributed by atoms with E-state index in [1.807, 2.05) is 13.0 Å². The van der Waals surface area contributed by atoms with Crippen LogP contribution in [0.3, 0.4) is 0 Å². The van der Waals surface area contributed by atoms with Crippen molar-refractivity contribution >= 4 is 11.6 Å². The molecule has 0 radical (unpaired) electrons. The molecule has 1 N–H and O–H groups in total. The maximum atomic E-state index is 11.4. The molecule has 13 heavy (non-hydrogen) atoms. The number of aromatic amines is 1. The Labute approximate surface area is 74.5 Å². The number of nitrogens with one attached hydrogen (secondary N) is 1. The standard InChI is InChI=1S/C9H9N3O/c1-3-7-4-6(2)12-8(7)9(13)10-5-11-12/h3-5H,1H2,2H3,(H,10,11,13). The lowest BCUT2D eigenvalue weighted by atomic mass is 10.3. The Balaban J connectivity index is 3.05. The van der Waals surface area contributed by atoms with Gasteiger partial charge in [0.25, 0.3) is 5.56 Å². The smallest absolute Gasteiger partial charge is 0.275 e. The monoisotopic (exact) mass is 175 g/mol. The predicted molar refractivity (Wildman–Crippen MR) is 50.6 cm³/mol. The number of fused-ring (bicyclic) bond motifs is 1. The highest BCUT2D eigenvalue weighted by atomic mass is 16.1. The van der Waals surface area contributed by atoms with E-state index in [1.165, 1.54) is 6.33 Å². The van der Waals surface area contributed by atoms with E-state index in [4.69, 9.17) is 0 Å². The molecule has 0 aliphatic carbocycles. The van der Waals surface area contributed by atoms with Crippen molar-refractivity contribution < 1.29 is 0 Å². The molecule has 0 atom stereocenters. The zero-order chi connectivity index (χ0) is 9.42. The second-order valence-corrected chi connectivity index (χ2v) is 2.82. The number of hydrogen-bond acceptors (Lipinski definition) is 2. The molecular formula is C9H9N3O. The molecule has 0 amide bonds. The third-order valence-electron chi connectivity index (χ3n) is 1.99. The van der Waals surface area contributed by atoms with Crippen LogP contribution in [0.4, 0.5) is 0 Å². The molecule has 0 aromatic carbocycles. The largest absolute Gasteiger partial charge is 0.310 e. The molecule has 0 saturated heterocycles. The fourth-order valence-electron chi connectivity index (χ4n) is 1.40. The summed E-state index contributed by atoms with van der Waals surface area (Å²) in [5.41, 5.74) is 2.15. The lowest BCUT2D eigenvalue weighted by Gasteiger charge is -1.93. The Bertz CT molecular complexity index is 521. The molecule has 0 aliphatic rings. The summed E-state index contributed by atoms with van der Waals surface area (Å²) < 4.78 is 1.61. The van der Waals surface area contributed by atoms with Gasteiger partial charge in [-0.25, -0.2) is 4.52 Å². The second kappa shape index (κ2) is 2.58. The van der Waals surface area contributed by atoms with Gasteiger partial charge in [0.1, 0.15) is 11.8 Å². The molecule has 2 rings (SSSR count). The number of nitrogens with zero attached hydrogens (tertiary/aromatic N) is 2. The van der Waals surface area contributed by atoms with Gasteiger partial charge in [0.2, 0.25) is 0 Å². The summed E-state index contributed by atoms with van der Waals surface area (Å²) in [5.74, 6) is 0. The first-order chi connectivity index (χ1) is 6.24. The van der Waals surface area contributed by atoms with E-state index in [9.17, 15) is 4.79 Å². The molecule has 0 bridgehead atoms. The van der Waals surface area contributed by atoms with Crippen LogP contribution in [0, 0.1) is 6.92 Å². The Morgan fingerprint density at radius 1 is 1.69 bits per heavy atom. The summed E-state index contributed by atoms with van der Waals surface area (Å²) in [7, 11) is 0. The fraction of sp³-hybridized carbons (Fsp3) is 0.111. The zero-order valence-corrected chi connectivity index (χ0v) is 7.24. The van der Waals surface area contributed by atoms with Crippen molar-refractivity contribution in [2.45, 2.75) is 6.92 Å². The Morgan fingerprint density at radius 3 is 3.15 bits per heavy atom. The maximum absolute atomic E-state index is 11.4. The first-order valence-corrected chi connectivity index (χ1v) is 3.92. The lowest BCUT2D eigenvalue weighted by molar-refractivity contribution is 0.859. The first-order valence-electron chi connectivity index (χ1n) is 3.92. The zero-order valence-electron chi connectivity index (χ0n) is 7.24. The van der Waals surface area contributed by atoms with Crippen LogP contribution in [-0.2, 0) is 0 Å². The van der Waals surface area contributed by atoms with E-state index in [2.05, 4.69) is 16.7 Å². The minimum Gasteiger partial charge on any atom is -0.310 e. The SMILES string of the molecule is C=Cc1cc(C)n2nc[nH]c(=O)c12. The van der Waals surface area contributed by atoms with Crippen molar-refractivity contribution in [1.82, 2.24) is 14.6 Å². The topological polar surface area (TPSA) is 50.2 Å². The predicted octanol–water partition coefficient (Wildman–Crippen LogP) is 0.974. The van der Waals surface area contributed by atoms with E-state index in [0.717, 1.165) is 11.3 Å². The maximum Gasteiger partial charge on any atom is 0.275 e. The fourth-order valence-corrected chi connectivity index (χ4v) is 1.40. The van der Waals surface area contributed by atoms with Crippen molar-refractivity contribution in [2.24, 2.45) is 0 Å². The van der Waals surface area contributed by atoms with Gasteiger partial charge in [-0.05, 0) is 13.0 Å². The lowest BCUT2D eigenvalue weighted by Crippen LogP contribution is -2.11. The summed E-state index contributed by atoms with van der Waals surface area (Å²) in [6.07, 6.45) is 3.04.